The van der Waals surface area contributed by atoms with Crippen molar-refractivity contribution in [2.75, 3.05) is 31.2 Å². The van der Waals surface area contributed by atoms with Crippen LogP contribution < -0.4 is 4.90 Å². The lowest BCUT2D eigenvalue weighted by Crippen LogP contribution is -2.37. The number of rotatable bonds is 3. The molecule has 0 aromatic heterocycles. The molecule has 1 aromatic rings. The summed E-state index contributed by atoms with van der Waals surface area (Å²) < 4.78 is 10.5. The molecule has 0 atom stereocenters. The summed E-state index contributed by atoms with van der Waals surface area (Å²) in [4.78, 5) is 13.9. The minimum absolute atomic E-state index is 0.210. The Kier molecular flexibility index (Phi) is 3.19. The second-order valence-corrected chi connectivity index (χ2v) is 5.23. The maximum Gasteiger partial charge on any atom is 0.338 e. The zero-order valence-electron chi connectivity index (χ0n) is 11.2. The first-order valence-electron chi connectivity index (χ1n) is 6.88. The molecule has 2 fully saturated rings. The number of ether oxygens (including phenoxy) is 2. The summed E-state index contributed by atoms with van der Waals surface area (Å²) in [5, 5.41) is 0. The lowest BCUT2D eigenvalue weighted by Gasteiger charge is -2.32. The third-order valence-corrected chi connectivity index (χ3v) is 3.97. The average molecular weight is 261 g/mol. The van der Waals surface area contributed by atoms with Gasteiger partial charge in [0.2, 0.25) is 0 Å². The van der Waals surface area contributed by atoms with Gasteiger partial charge in [-0.2, -0.15) is 0 Å². The maximum atomic E-state index is 11.6. The van der Waals surface area contributed by atoms with E-state index in [1.807, 2.05) is 31.2 Å². The molecule has 1 spiro atoms. The van der Waals surface area contributed by atoms with Gasteiger partial charge in [-0.15, -0.1) is 0 Å². The minimum Gasteiger partial charge on any atom is -0.462 e. The predicted octanol–water partition coefficient (Wildman–Crippen LogP) is 2.23. The zero-order valence-corrected chi connectivity index (χ0v) is 11.2. The van der Waals surface area contributed by atoms with E-state index in [0.29, 0.717) is 12.2 Å². The summed E-state index contributed by atoms with van der Waals surface area (Å²) in [7, 11) is 0. The normalized spacial score (nSPS) is 20.4. The van der Waals surface area contributed by atoms with Gasteiger partial charge >= 0.3 is 5.97 Å². The molecule has 0 saturated carbocycles. The first-order chi connectivity index (χ1) is 9.22. The summed E-state index contributed by atoms with van der Waals surface area (Å²) in [5.74, 6) is -0.252. The van der Waals surface area contributed by atoms with Crippen LogP contribution in [0.3, 0.4) is 0 Å². The number of hydrogen-bond acceptors (Lipinski definition) is 4. The van der Waals surface area contributed by atoms with Crippen molar-refractivity contribution in [1.82, 2.24) is 0 Å². The van der Waals surface area contributed by atoms with Crippen LogP contribution in [-0.2, 0) is 9.47 Å². The molecular formula is C15H19NO3. The van der Waals surface area contributed by atoms with Crippen LogP contribution in [0.25, 0.3) is 0 Å². The van der Waals surface area contributed by atoms with Gasteiger partial charge in [-0.1, -0.05) is 0 Å². The Bertz CT molecular complexity index is 455. The molecule has 1 aromatic carbocycles. The fourth-order valence-electron chi connectivity index (χ4n) is 2.59. The third kappa shape index (κ3) is 2.59. The van der Waals surface area contributed by atoms with Gasteiger partial charge in [0.15, 0.2) is 0 Å². The molecular weight excluding hydrogens is 242 g/mol. The number of hydrogen-bond donors (Lipinski definition) is 0. The first-order valence-corrected chi connectivity index (χ1v) is 6.88. The SMILES string of the molecule is CCOC(=O)c1ccc(N2CCC3(CC2)CO3)cc1. The van der Waals surface area contributed by atoms with E-state index in [1.54, 1.807) is 0 Å². The van der Waals surface area contributed by atoms with E-state index in [9.17, 15) is 4.79 Å². The molecule has 19 heavy (non-hydrogen) atoms. The topological polar surface area (TPSA) is 42.1 Å². The van der Waals surface area contributed by atoms with Gasteiger partial charge in [0.25, 0.3) is 0 Å². The molecule has 2 aliphatic rings. The molecule has 0 amide bonds. The zero-order chi connectivity index (χ0) is 13.3. The highest BCUT2D eigenvalue weighted by atomic mass is 16.6. The summed E-state index contributed by atoms with van der Waals surface area (Å²) >= 11 is 0. The van der Waals surface area contributed by atoms with Crippen molar-refractivity contribution in [2.24, 2.45) is 0 Å². The Balaban J connectivity index is 1.64. The lowest BCUT2D eigenvalue weighted by molar-refractivity contribution is 0.0526. The molecule has 0 radical (unpaired) electrons. The van der Waals surface area contributed by atoms with E-state index in [4.69, 9.17) is 9.47 Å². The summed E-state index contributed by atoms with van der Waals surface area (Å²) in [5.41, 5.74) is 2.00. The van der Waals surface area contributed by atoms with E-state index in [-0.39, 0.29) is 11.6 Å². The van der Waals surface area contributed by atoms with Crippen LogP contribution in [0.2, 0.25) is 0 Å². The molecule has 3 rings (SSSR count). The van der Waals surface area contributed by atoms with Crippen molar-refractivity contribution < 1.29 is 14.3 Å². The van der Waals surface area contributed by atoms with Crippen LogP contribution >= 0.6 is 0 Å². The molecule has 2 aliphatic heterocycles. The van der Waals surface area contributed by atoms with Crippen molar-refractivity contribution in [3.8, 4) is 0 Å². The number of epoxide rings is 1. The standard InChI is InChI=1S/C15H19NO3/c1-2-18-14(17)12-3-5-13(6-4-12)16-9-7-15(8-10-16)11-19-15/h3-6H,2,7-11H2,1H3. The highest BCUT2D eigenvalue weighted by molar-refractivity contribution is 5.89. The van der Waals surface area contributed by atoms with E-state index >= 15 is 0 Å². The van der Waals surface area contributed by atoms with Gasteiger partial charge in [0.05, 0.1) is 24.4 Å². The smallest absolute Gasteiger partial charge is 0.338 e. The Hall–Kier alpha value is -1.55. The number of esters is 1. The Morgan fingerprint density at radius 3 is 2.47 bits per heavy atom. The van der Waals surface area contributed by atoms with E-state index in [2.05, 4.69) is 4.90 Å². The van der Waals surface area contributed by atoms with Crippen molar-refractivity contribution in [3.05, 3.63) is 29.8 Å². The molecule has 2 saturated heterocycles. The van der Waals surface area contributed by atoms with Gasteiger partial charge in [-0.3, -0.25) is 0 Å². The predicted molar refractivity (Wildman–Crippen MR) is 72.5 cm³/mol. The fraction of sp³-hybridized carbons (Fsp3) is 0.533. The van der Waals surface area contributed by atoms with Gasteiger partial charge in [0.1, 0.15) is 0 Å². The number of carbonyl (C=O) groups is 1. The Morgan fingerprint density at radius 1 is 1.32 bits per heavy atom. The van der Waals surface area contributed by atoms with Crippen LogP contribution in [-0.4, -0.2) is 37.9 Å². The molecule has 0 N–H and O–H groups in total. The van der Waals surface area contributed by atoms with Crippen LogP contribution in [0.4, 0.5) is 5.69 Å². The third-order valence-electron chi connectivity index (χ3n) is 3.97. The Labute approximate surface area is 113 Å². The first kappa shape index (κ1) is 12.5. The highest BCUT2D eigenvalue weighted by Gasteiger charge is 2.46. The van der Waals surface area contributed by atoms with Crippen LogP contribution in [0.15, 0.2) is 24.3 Å². The van der Waals surface area contributed by atoms with Gasteiger partial charge < -0.3 is 14.4 Å². The van der Waals surface area contributed by atoms with Crippen molar-refractivity contribution in [3.63, 3.8) is 0 Å². The molecule has 2 heterocycles. The molecule has 0 aliphatic carbocycles. The summed E-state index contributed by atoms with van der Waals surface area (Å²) in [6.45, 7) is 5.21. The second-order valence-electron chi connectivity index (χ2n) is 5.23. The number of piperidine rings is 1. The van der Waals surface area contributed by atoms with E-state index in [1.165, 1.54) is 5.69 Å². The highest BCUT2D eigenvalue weighted by Crippen LogP contribution is 2.38. The quantitative estimate of drug-likeness (QED) is 0.618. The number of benzene rings is 1. The minimum atomic E-state index is -0.252. The number of carbonyl (C=O) groups excluding carboxylic acids is 1. The summed E-state index contributed by atoms with van der Waals surface area (Å²) in [6.07, 6.45) is 2.21. The maximum absolute atomic E-state index is 11.6. The van der Waals surface area contributed by atoms with Crippen molar-refractivity contribution >= 4 is 11.7 Å². The van der Waals surface area contributed by atoms with Crippen molar-refractivity contribution in [1.29, 1.82) is 0 Å². The summed E-state index contributed by atoms with van der Waals surface area (Å²) in [6, 6.07) is 7.67. The molecule has 4 heteroatoms. The molecule has 4 nitrogen and oxygen atoms in total. The second kappa shape index (κ2) is 4.85. The van der Waals surface area contributed by atoms with E-state index in [0.717, 1.165) is 32.5 Å². The molecule has 0 unspecified atom stereocenters. The monoisotopic (exact) mass is 261 g/mol. The Morgan fingerprint density at radius 2 is 1.95 bits per heavy atom. The lowest BCUT2D eigenvalue weighted by atomic mass is 9.97. The average Bonchev–Trinajstić information content (AvgIpc) is 3.20. The number of nitrogens with zero attached hydrogens (tertiary/aromatic N) is 1. The molecule has 0 bridgehead atoms. The molecule has 102 valence electrons. The van der Waals surface area contributed by atoms with Gasteiger partial charge in [0, 0.05) is 18.8 Å². The number of anilines is 1. The van der Waals surface area contributed by atoms with E-state index < -0.39 is 0 Å². The largest absolute Gasteiger partial charge is 0.462 e. The fourth-order valence-corrected chi connectivity index (χ4v) is 2.59. The van der Waals surface area contributed by atoms with Crippen LogP contribution in [0.1, 0.15) is 30.1 Å². The van der Waals surface area contributed by atoms with Gasteiger partial charge in [-0.05, 0) is 44.0 Å². The van der Waals surface area contributed by atoms with Gasteiger partial charge in [-0.25, -0.2) is 4.79 Å². The van der Waals surface area contributed by atoms with Crippen LogP contribution in [0, 0.1) is 0 Å². The van der Waals surface area contributed by atoms with Crippen LogP contribution in [0.5, 0.6) is 0 Å². The van der Waals surface area contributed by atoms with Crippen molar-refractivity contribution in [2.45, 2.75) is 25.4 Å².